The number of rotatable bonds is 0. The van der Waals surface area contributed by atoms with Gasteiger partial charge in [-0.05, 0) is 12.1 Å². The van der Waals surface area contributed by atoms with E-state index in [2.05, 4.69) is 15.6 Å². The van der Waals surface area contributed by atoms with Crippen molar-refractivity contribution in [1.29, 1.82) is 5.26 Å². The molecule has 4 nitrogen and oxygen atoms in total. The van der Waals surface area contributed by atoms with Crippen molar-refractivity contribution in [1.82, 2.24) is 15.6 Å². The maximum absolute atomic E-state index is 8.25. The molecule has 1 aromatic rings. The Kier molecular flexibility index (Phi) is 5.33. The van der Waals surface area contributed by atoms with Crippen LogP contribution in [0.15, 0.2) is 24.5 Å². The Morgan fingerprint density at radius 1 is 1.21 bits per heavy atom. The summed E-state index contributed by atoms with van der Waals surface area (Å²) in [7, 11) is 0. The maximum atomic E-state index is 8.25. The van der Waals surface area contributed by atoms with E-state index in [0.717, 1.165) is 26.2 Å². The molecule has 0 atom stereocenters. The quantitative estimate of drug-likeness (QED) is 0.610. The highest BCUT2D eigenvalue weighted by molar-refractivity contribution is 5.23. The van der Waals surface area contributed by atoms with E-state index >= 15 is 0 Å². The molecule has 14 heavy (non-hydrogen) atoms. The van der Waals surface area contributed by atoms with E-state index in [9.17, 15) is 0 Å². The fourth-order valence-electron chi connectivity index (χ4n) is 1.03. The molecule has 1 aliphatic heterocycles. The zero-order valence-corrected chi connectivity index (χ0v) is 8.03. The van der Waals surface area contributed by atoms with Crippen LogP contribution in [0.25, 0.3) is 0 Å². The van der Waals surface area contributed by atoms with E-state index in [1.54, 1.807) is 18.3 Å². The van der Waals surface area contributed by atoms with Crippen LogP contribution in [0.2, 0.25) is 0 Å². The molecule has 0 aromatic carbocycles. The van der Waals surface area contributed by atoms with Crippen LogP contribution in [0.3, 0.4) is 0 Å². The predicted octanol–water partition coefficient (Wildman–Crippen LogP) is 0.132. The van der Waals surface area contributed by atoms with Crippen LogP contribution in [0.5, 0.6) is 0 Å². The summed E-state index contributed by atoms with van der Waals surface area (Å²) in [6.07, 6.45) is 3.17. The van der Waals surface area contributed by atoms with Gasteiger partial charge < -0.3 is 10.6 Å². The summed E-state index contributed by atoms with van der Waals surface area (Å²) in [5, 5.41) is 14.7. The van der Waals surface area contributed by atoms with E-state index in [4.69, 9.17) is 5.26 Å². The minimum atomic E-state index is 0.604. The lowest BCUT2D eigenvalue weighted by Gasteiger charge is -2.11. The first-order valence-corrected chi connectivity index (χ1v) is 4.65. The number of nitriles is 1. The first-order valence-electron chi connectivity index (χ1n) is 4.65. The summed E-state index contributed by atoms with van der Waals surface area (Å²) in [6.45, 7) is 4.56. The smallest absolute Gasteiger partial charge is 0.101 e. The lowest BCUT2D eigenvalue weighted by atomic mass is 10.3. The van der Waals surface area contributed by atoms with Gasteiger partial charge >= 0.3 is 0 Å². The van der Waals surface area contributed by atoms with Crippen LogP contribution < -0.4 is 10.6 Å². The maximum Gasteiger partial charge on any atom is 0.101 e. The number of piperazine rings is 1. The highest BCUT2D eigenvalue weighted by Crippen LogP contribution is 1.89. The largest absolute Gasteiger partial charge is 0.314 e. The van der Waals surface area contributed by atoms with Crippen molar-refractivity contribution in [3.63, 3.8) is 0 Å². The normalized spacial score (nSPS) is 14.8. The lowest BCUT2D eigenvalue weighted by Crippen LogP contribution is -2.39. The van der Waals surface area contributed by atoms with Gasteiger partial charge in [-0.2, -0.15) is 5.26 Å². The van der Waals surface area contributed by atoms with Crippen molar-refractivity contribution in [3.05, 3.63) is 30.1 Å². The molecule has 1 aliphatic rings. The van der Waals surface area contributed by atoms with Crippen molar-refractivity contribution < 1.29 is 0 Å². The Labute approximate surface area is 84.0 Å². The molecule has 0 bridgehead atoms. The van der Waals surface area contributed by atoms with Crippen molar-refractivity contribution in [3.8, 4) is 6.07 Å². The molecule has 0 unspecified atom stereocenters. The second-order valence-electron chi connectivity index (χ2n) is 2.85. The Morgan fingerprint density at radius 3 is 2.14 bits per heavy atom. The van der Waals surface area contributed by atoms with Gasteiger partial charge in [-0.1, -0.05) is 0 Å². The summed E-state index contributed by atoms with van der Waals surface area (Å²) < 4.78 is 0. The number of nitrogens with zero attached hydrogens (tertiary/aromatic N) is 2. The molecule has 2 heterocycles. The van der Waals surface area contributed by atoms with Gasteiger partial charge in [0.15, 0.2) is 0 Å². The third kappa shape index (κ3) is 4.55. The molecule has 0 saturated carbocycles. The molecule has 1 saturated heterocycles. The first kappa shape index (κ1) is 10.6. The molecule has 1 fully saturated rings. The summed E-state index contributed by atoms with van der Waals surface area (Å²) in [5.74, 6) is 0. The minimum absolute atomic E-state index is 0.604. The number of hydrogen-bond acceptors (Lipinski definition) is 4. The molecule has 0 amide bonds. The van der Waals surface area contributed by atoms with E-state index in [1.807, 2.05) is 6.07 Å². The molecule has 1 aromatic heterocycles. The fraction of sp³-hybridized carbons (Fsp3) is 0.400. The van der Waals surface area contributed by atoms with Crippen molar-refractivity contribution in [2.24, 2.45) is 0 Å². The van der Waals surface area contributed by atoms with Gasteiger partial charge in [-0.25, -0.2) is 0 Å². The molecule has 2 rings (SSSR count). The highest BCUT2D eigenvalue weighted by atomic mass is 15.0. The molecule has 0 spiro atoms. The summed E-state index contributed by atoms with van der Waals surface area (Å²) in [5.41, 5.74) is 0.604. The van der Waals surface area contributed by atoms with Gasteiger partial charge in [0.2, 0.25) is 0 Å². The Bertz CT molecular complexity index is 262. The molecule has 2 N–H and O–H groups in total. The molecular weight excluding hydrogens is 176 g/mol. The average Bonchev–Trinajstić information content (AvgIpc) is 2.33. The second kappa shape index (κ2) is 7.01. The van der Waals surface area contributed by atoms with Gasteiger partial charge in [-0.15, -0.1) is 0 Å². The van der Waals surface area contributed by atoms with E-state index in [-0.39, 0.29) is 0 Å². The van der Waals surface area contributed by atoms with E-state index < -0.39 is 0 Å². The lowest BCUT2D eigenvalue weighted by molar-refractivity contribution is 0.534. The topological polar surface area (TPSA) is 60.7 Å². The molecule has 0 radical (unpaired) electrons. The second-order valence-corrected chi connectivity index (χ2v) is 2.85. The Balaban J connectivity index is 0.000000146. The molecule has 74 valence electrons. The Morgan fingerprint density at radius 2 is 1.86 bits per heavy atom. The van der Waals surface area contributed by atoms with Gasteiger partial charge in [0.25, 0.3) is 0 Å². The third-order valence-electron chi connectivity index (χ3n) is 1.75. The highest BCUT2D eigenvalue weighted by Gasteiger charge is 1.91. The van der Waals surface area contributed by atoms with E-state index in [0.29, 0.717) is 5.56 Å². The van der Waals surface area contributed by atoms with Crippen LogP contribution in [0, 0.1) is 11.3 Å². The van der Waals surface area contributed by atoms with Crippen molar-refractivity contribution in [2.45, 2.75) is 0 Å². The first-order chi connectivity index (χ1) is 6.93. The average molecular weight is 190 g/mol. The van der Waals surface area contributed by atoms with Crippen molar-refractivity contribution in [2.75, 3.05) is 26.2 Å². The fourth-order valence-corrected chi connectivity index (χ4v) is 1.03. The summed E-state index contributed by atoms with van der Waals surface area (Å²) in [6, 6.07) is 5.41. The zero-order valence-electron chi connectivity index (χ0n) is 8.03. The molecular formula is C10H14N4. The summed E-state index contributed by atoms with van der Waals surface area (Å²) >= 11 is 0. The van der Waals surface area contributed by atoms with Crippen LogP contribution in [-0.2, 0) is 0 Å². The number of aromatic nitrogens is 1. The zero-order chi connectivity index (χ0) is 10.1. The third-order valence-corrected chi connectivity index (χ3v) is 1.75. The standard InChI is InChI=1S/C6H4N2.C4H10N2/c7-4-6-2-1-3-8-5-6;1-2-6-4-3-5-1/h1-3,5H;5-6H,1-4H2. The van der Waals surface area contributed by atoms with Crippen LogP contribution in [-0.4, -0.2) is 31.2 Å². The van der Waals surface area contributed by atoms with Crippen LogP contribution in [0.1, 0.15) is 5.56 Å². The van der Waals surface area contributed by atoms with Gasteiger partial charge in [0.05, 0.1) is 5.56 Å². The molecule has 4 heteroatoms. The van der Waals surface area contributed by atoms with E-state index in [1.165, 1.54) is 6.20 Å². The Hall–Kier alpha value is -1.44. The van der Waals surface area contributed by atoms with Crippen molar-refractivity contribution >= 4 is 0 Å². The number of nitrogens with one attached hydrogen (secondary N) is 2. The van der Waals surface area contributed by atoms with Gasteiger partial charge in [0, 0.05) is 38.6 Å². The number of pyridine rings is 1. The van der Waals surface area contributed by atoms with Crippen LogP contribution >= 0.6 is 0 Å². The molecule has 0 aliphatic carbocycles. The SMILES string of the molecule is C1CNCCN1.N#Cc1cccnc1. The minimum Gasteiger partial charge on any atom is -0.314 e. The van der Waals surface area contributed by atoms with Gasteiger partial charge in [0.1, 0.15) is 6.07 Å². The van der Waals surface area contributed by atoms with Crippen LogP contribution in [0.4, 0.5) is 0 Å². The number of hydrogen-bond donors (Lipinski definition) is 2. The summed E-state index contributed by atoms with van der Waals surface area (Å²) in [4.78, 5) is 3.73. The predicted molar refractivity (Wildman–Crippen MR) is 54.7 cm³/mol. The van der Waals surface area contributed by atoms with Gasteiger partial charge in [-0.3, -0.25) is 4.98 Å². The monoisotopic (exact) mass is 190 g/mol.